The topological polar surface area (TPSA) is 35.8 Å². The molecular formula is C18H18N2O. The van der Waals surface area contributed by atoms with Gasteiger partial charge < -0.3 is 5.11 Å². The quantitative estimate of drug-likeness (QED) is 0.868. The highest BCUT2D eigenvalue weighted by molar-refractivity contribution is 6.05. The Bertz CT molecular complexity index is 723. The number of hydrogen-bond acceptors (Lipinski definition) is 3. The summed E-state index contributed by atoms with van der Waals surface area (Å²) in [4.78, 5) is 0. The molecule has 21 heavy (non-hydrogen) atoms. The van der Waals surface area contributed by atoms with Gasteiger partial charge in [0.25, 0.3) is 0 Å². The Labute approximate surface area is 124 Å². The first-order valence-electron chi connectivity index (χ1n) is 7.42. The van der Waals surface area contributed by atoms with Crippen LogP contribution in [0.4, 0.5) is 0 Å². The van der Waals surface area contributed by atoms with Crippen molar-refractivity contribution < 1.29 is 5.11 Å². The van der Waals surface area contributed by atoms with Gasteiger partial charge in [-0.05, 0) is 36.1 Å². The first-order chi connectivity index (χ1) is 10.2. The molecule has 2 unspecified atom stereocenters. The third kappa shape index (κ3) is 1.92. The number of aryl methyl sites for hydroxylation is 1. The molecule has 1 aliphatic heterocycles. The van der Waals surface area contributed by atoms with Gasteiger partial charge in [0.2, 0.25) is 0 Å². The minimum absolute atomic E-state index is 0.223. The number of phenolic OH excluding ortho intramolecular Hbond substituents is 1. The van der Waals surface area contributed by atoms with E-state index >= 15 is 0 Å². The molecule has 0 saturated heterocycles. The molecule has 106 valence electrons. The van der Waals surface area contributed by atoms with Gasteiger partial charge >= 0.3 is 0 Å². The van der Waals surface area contributed by atoms with E-state index in [0.29, 0.717) is 11.7 Å². The van der Waals surface area contributed by atoms with Crippen LogP contribution in [0, 0.1) is 5.92 Å². The van der Waals surface area contributed by atoms with E-state index in [2.05, 4.69) is 35.3 Å². The average Bonchev–Trinajstić information content (AvgIpc) is 2.83. The van der Waals surface area contributed by atoms with Gasteiger partial charge in [-0.25, -0.2) is 0 Å². The lowest BCUT2D eigenvalue weighted by Crippen LogP contribution is -2.27. The van der Waals surface area contributed by atoms with Crippen LogP contribution in [-0.2, 0) is 6.42 Å². The maximum absolute atomic E-state index is 9.76. The summed E-state index contributed by atoms with van der Waals surface area (Å²) in [5.41, 5.74) is 5.04. The molecule has 1 N–H and O–H groups in total. The van der Waals surface area contributed by atoms with E-state index in [1.807, 2.05) is 19.2 Å². The number of hydrazone groups is 1. The second-order valence-electron chi connectivity index (χ2n) is 5.90. The maximum Gasteiger partial charge on any atom is 0.115 e. The summed E-state index contributed by atoms with van der Waals surface area (Å²) in [6, 6.07) is 16.4. The van der Waals surface area contributed by atoms with Gasteiger partial charge in [-0.15, -0.1) is 0 Å². The summed E-state index contributed by atoms with van der Waals surface area (Å²) in [5.74, 6) is 0.734. The van der Waals surface area contributed by atoms with E-state index in [4.69, 9.17) is 5.10 Å². The van der Waals surface area contributed by atoms with Crippen LogP contribution < -0.4 is 0 Å². The summed E-state index contributed by atoms with van der Waals surface area (Å²) in [7, 11) is 2.03. The van der Waals surface area contributed by atoms with Crippen LogP contribution in [0.5, 0.6) is 5.75 Å². The Hall–Kier alpha value is -2.29. The average molecular weight is 278 g/mol. The predicted molar refractivity (Wildman–Crippen MR) is 83.4 cm³/mol. The lowest BCUT2D eigenvalue weighted by atomic mass is 9.77. The smallest absolute Gasteiger partial charge is 0.115 e. The number of rotatable bonds is 1. The molecular weight excluding hydrogens is 260 g/mol. The molecule has 4 rings (SSSR count). The lowest BCUT2D eigenvalue weighted by Gasteiger charge is -2.29. The minimum Gasteiger partial charge on any atom is -0.508 e. The minimum atomic E-state index is 0.223. The van der Waals surface area contributed by atoms with Crippen LogP contribution in [0.15, 0.2) is 53.6 Å². The highest BCUT2D eigenvalue weighted by Gasteiger charge is 2.39. The van der Waals surface area contributed by atoms with Crippen molar-refractivity contribution in [2.45, 2.75) is 18.9 Å². The number of phenols is 1. The fourth-order valence-corrected chi connectivity index (χ4v) is 3.72. The monoisotopic (exact) mass is 278 g/mol. The van der Waals surface area contributed by atoms with E-state index in [1.54, 1.807) is 6.07 Å². The van der Waals surface area contributed by atoms with Gasteiger partial charge in [-0.3, -0.25) is 5.01 Å². The Morgan fingerprint density at radius 3 is 2.86 bits per heavy atom. The molecule has 2 aromatic rings. The van der Waals surface area contributed by atoms with E-state index in [0.717, 1.165) is 18.4 Å². The summed E-state index contributed by atoms with van der Waals surface area (Å²) >= 11 is 0. The molecule has 1 heterocycles. The fourth-order valence-electron chi connectivity index (χ4n) is 3.72. The second kappa shape index (κ2) is 4.62. The highest BCUT2D eigenvalue weighted by atomic mass is 16.3. The zero-order valence-electron chi connectivity index (χ0n) is 12.0. The van der Waals surface area contributed by atoms with Crippen LogP contribution in [0.25, 0.3) is 0 Å². The summed E-state index contributed by atoms with van der Waals surface area (Å²) in [5, 5.41) is 16.6. The van der Waals surface area contributed by atoms with Crippen molar-refractivity contribution in [2.24, 2.45) is 11.0 Å². The molecule has 0 bridgehead atoms. The largest absolute Gasteiger partial charge is 0.508 e. The zero-order valence-corrected chi connectivity index (χ0v) is 12.0. The third-order valence-electron chi connectivity index (χ3n) is 4.63. The molecule has 0 radical (unpaired) electrons. The molecule has 1 aliphatic carbocycles. The molecule has 2 aliphatic rings. The Kier molecular flexibility index (Phi) is 2.74. The molecule has 0 fully saturated rings. The summed E-state index contributed by atoms with van der Waals surface area (Å²) in [6.45, 7) is 0. The first kappa shape index (κ1) is 12.5. The molecule has 3 heteroatoms. The Morgan fingerprint density at radius 2 is 2.00 bits per heavy atom. The Morgan fingerprint density at radius 1 is 1.14 bits per heavy atom. The van der Waals surface area contributed by atoms with E-state index in [1.165, 1.54) is 16.8 Å². The van der Waals surface area contributed by atoms with Crippen molar-refractivity contribution >= 4 is 5.71 Å². The summed E-state index contributed by atoms with van der Waals surface area (Å²) < 4.78 is 0. The van der Waals surface area contributed by atoms with Crippen molar-refractivity contribution in [1.82, 2.24) is 5.01 Å². The fraction of sp³-hybridized carbons (Fsp3) is 0.278. The summed E-state index contributed by atoms with van der Waals surface area (Å²) in [6.07, 6.45) is 2.21. The van der Waals surface area contributed by atoms with Crippen molar-refractivity contribution in [1.29, 1.82) is 0 Å². The van der Waals surface area contributed by atoms with Crippen molar-refractivity contribution in [2.75, 3.05) is 7.05 Å². The van der Waals surface area contributed by atoms with Gasteiger partial charge in [-0.2, -0.15) is 5.10 Å². The maximum atomic E-state index is 9.76. The zero-order chi connectivity index (χ0) is 14.4. The molecule has 3 nitrogen and oxygen atoms in total. The molecule has 0 spiro atoms. The normalized spacial score (nSPS) is 23.5. The standard InChI is InChI=1S/C18H18N2O/c1-20-18(13-6-4-7-14(21)11-13)16-10-9-12-5-2-3-8-15(12)17(16)19-20/h2-8,11,16,18,21H,9-10H2,1H3. The number of aromatic hydroxyl groups is 1. The Balaban J connectivity index is 1.76. The van der Waals surface area contributed by atoms with Gasteiger partial charge in [0, 0.05) is 18.5 Å². The van der Waals surface area contributed by atoms with Crippen molar-refractivity contribution in [3.8, 4) is 5.75 Å². The van der Waals surface area contributed by atoms with Gasteiger partial charge in [0.05, 0.1) is 11.8 Å². The molecule has 2 aromatic carbocycles. The van der Waals surface area contributed by atoms with Crippen LogP contribution in [0.1, 0.15) is 29.2 Å². The molecule has 0 saturated carbocycles. The number of nitrogens with zero attached hydrogens (tertiary/aromatic N) is 2. The van der Waals surface area contributed by atoms with Crippen molar-refractivity contribution in [3.05, 3.63) is 65.2 Å². The van der Waals surface area contributed by atoms with Crippen LogP contribution in [0.2, 0.25) is 0 Å². The van der Waals surface area contributed by atoms with E-state index < -0.39 is 0 Å². The molecule has 0 amide bonds. The van der Waals surface area contributed by atoms with Crippen LogP contribution >= 0.6 is 0 Å². The lowest BCUT2D eigenvalue weighted by molar-refractivity contribution is 0.243. The highest BCUT2D eigenvalue weighted by Crippen LogP contribution is 2.42. The van der Waals surface area contributed by atoms with Crippen LogP contribution in [-0.4, -0.2) is 22.9 Å². The van der Waals surface area contributed by atoms with Crippen molar-refractivity contribution in [3.63, 3.8) is 0 Å². The predicted octanol–water partition coefficient (Wildman–Crippen LogP) is 3.35. The molecule has 2 atom stereocenters. The number of fused-ring (bicyclic) bond motifs is 3. The van der Waals surface area contributed by atoms with Crippen LogP contribution in [0.3, 0.4) is 0 Å². The van der Waals surface area contributed by atoms with Gasteiger partial charge in [-0.1, -0.05) is 36.4 Å². The second-order valence-corrected chi connectivity index (χ2v) is 5.90. The van der Waals surface area contributed by atoms with E-state index in [-0.39, 0.29) is 6.04 Å². The van der Waals surface area contributed by atoms with Gasteiger partial charge in [0.1, 0.15) is 5.75 Å². The number of benzene rings is 2. The molecule has 0 aromatic heterocycles. The first-order valence-corrected chi connectivity index (χ1v) is 7.42. The third-order valence-corrected chi connectivity index (χ3v) is 4.63. The van der Waals surface area contributed by atoms with Gasteiger partial charge in [0.15, 0.2) is 0 Å². The SMILES string of the molecule is CN1N=C2c3ccccc3CCC2C1c1cccc(O)c1. The van der Waals surface area contributed by atoms with E-state index in [9.17, 15) is 5.11 Å². The number of hydrogen-bond donors (Lipinski definition) is 1.